The number of piperazine rings is 1. The number of hydrogen-bond donors (Lipinski definition) is 0. The lowest BCUT2D eigenvalue weighted by atomic mass is 10.2. The van der Waals surface area contributed by atoms with Gasteiger partial charge in [-0.05, 0) is 25.1 Å². The van der Waals surface area contributed by atoms with E-state index in [1.807, 2.05) is 43.3 Å². The molecule has 0 spiro atoms. The lowest BCUT2D eigenvalue weighted by Crippen LogP contribution is -2.46. The lowest BCUT2D eigenvalue weighted by molar-refractivity contribution is 0.109. The summed E-state index contributed by atoms with van der Waals surface area (Å²) in [6.45, 7) is 6.68. The maximum atomic E-state index is 6.23. The van der Waals surface area contributed by atoms with Gasteiger partial charge in [-0.1, -0.05) is 41.0 Å². The number of nitrogens with zero attached hydrogens (tertiary/aromatic N) is 4. The molecule has 0 amide bonds. The second-order valence-corrected chi connectivity index (χ2v) is 7.97. The quantitative estimate of drug-likeness (QED) is 0.514. The molecule has 4 rings (SSSR count). The van der Waals surface area contributed by atoms with Crippen LogP contribution in [0.5, 0.6) is 5.75 Å². The van der Waals surface area contributed by atoms with Crippen LogP contribution in [0, 0.1) is 0 Å². The third-order valence-corrected chi connectivity index (χ3v) is 5.84. The van der Waals surface area contributed by atoms with Crippen molar-refractivity contribution >= 4 is 17.3 Å². The molecule has 0 aliphatic carbocycles. The molecule has 1 aliphatic heterocycles. The van der Waals surface area contributed by atoms with Crippen molar-refractivity contribution in [1.29, 1.82) is 0 Å². The summed E-state index contributed by atoms with van der Waals surface area (Å²) in [6.07, 6.45) is -0.165. The Morgan fingerprint density at radius 3 is 2.68 bits per heavy atom. The fraction of sp³-hybridized carbons (Fsp3) is 0.391. The number of rotatable bonds is 8. The van der Waals surface area contributed by atoms with Crippen LogP contribution in [0.1, 0.15) is 30.3 Å². The van der Waals surface area contributed by atoms with Crippen molar-refractivity contribution in [3.05, 3.63) is 70.8 Å². The average Bonchev–Trinajstić information content (AvgIpc) is 3.27. The lowest BCUT2D eigenvalue weighted by Gasteiger charge is -2.35. The Morgan fingerprint density at radius 1 is 1.10 bits per heavy atom. The second kappa shape index (κ2) is 10.1. The van der Waals surface area contributed by atoms with Gasteiger partial charge in [0, 0.05) is 55.6 Å². The van der Waals surface area contributed by atoms with E-state index in [9.17, 15) is 0 Å². The first-order valence-electron chi connectivity index (χ1n) is 10.4. The second-order valence-electron chi connectivity index (χ2n) is 7.56. The fourth-order valence-electron chi connectivity index (χ4n) is 3.50. The molecule has 8 heteroatoms. The van der Waals surface area contributed by atoms with Gasteiger partial charge in [-0.25, -0.2) is 0 Å². The number of benzene rings is 2. The van der Waals surface area contributed by atoms with Crippen LogP contribution in [0.4, 0.5) is 5.69 Å². The predicted octanol–water partition coefficient (Wildman–Crippen LogP) is 4.33. The third-order valence-electron chi connectivity index (χ3n) is 5.47. The maximum absolute atomic E-state index is 6.23. The highest BCUT2D eigenvalue weighted by molar-refractivity contribution is 6.31. The van der Waals surface area contributed by atoms with Crippen LogP contribution < -0.4 is 9.64 Å². The first kappa shape index (κ1) is 21.6. The van der Waals surface area contributed by atoms with Crippen molar-refractivity contribution in [2.75, 3.05) is 38.2 Å². The number of hydrogen-bond acceptors (Lipinski definition) is 7. The number of methoxy groups -OCH3 is 1. The molecule has 31 heavy (non-hydrogen) atoms. The average molecular weight is 443 g/mol. The number of anilines is 1. The predicted molar refractivity (Wildman–Crippen MR) is 119 cm³/mol. The third kappa shape index (κ3) is 5.55. The van der Waals surface area contributed by atoms with Gasteiger partial charge in [0.1, 0.15) is 18.5 Å². The minimum Gasteiger partial charge on any atom is -0.489 e. The van der Waals surface area contributed by atoms with Crippen LogP contribution in [0.2, 0.25) is 5.02 Å². The van der Waals surface area contributed by atoms with E-state index in [1.165, 1.54) is 0 Å². The number of ether oxygens (including phenoxy) is 2. The zero-order valence-corrected chi connectivity index (χ0v) is 18.6. The van der Waals surface area contributed by atoms with Crippen LogP contribution in [0.25, 0.3) is 0 Å². The highest BCUT2D eigenvalue weighted by Crippen LogP contribution is 2.25. The SMILES string of the molecule is CO[C@@H](C)c1noc(CN2CCN(c3cccc(OCc4ccccc4Cl)c3)CC2)n1. The molecule has 2 aromatic carbocycles. The minimum absolute atomic E-state index is 0.165. The van der Waals surface area contributed by atoms with Crippen molar-refractivity contribution < 1.29 is 14.0 Å². The number of halogens is 1. The summed E-state index contributed by atoms with van der Waals surface area (Å²) in [4.78, 5) is 9.12. The summed E-state index contributed by atoms with van der Waals surface area (Å²) in [5.74, 6) is 2.05. The Hall–Kier alpha value is -2.61. The summed E-state index contributed by atoms with van der Waals surface area (Å²) in [7, 11) is 1.64. The largest absolute Gasteiger partial charge is 0.489 e. The zero-order chi connectivity index (χ0) is 21.6. The smallest absolute Gasteiger partial charge is 0.240 e. The van der Waals surface area contributed by atoms with Crippen molar-refractivity contribution in [3.8, 4) is 5.75 Å². The van der Waals surface area contributed by atoms with Crippen LogP contribution in [-0.2, 0) is 17.9 Å². The Morgan fingerprint density at radius 2 is 1.90 bits per heavy atom. The maximum Gasteiger partial charge on any atom is 0.240 e. The van der Waals surface area contributed by atoms with Gasteiger partial charge >= 0.3 is 0 Å². The first-order valence-corrected chi connectivity index (χ1v) is 10.8. The molecule has 1 saturated heterocycles. The van der Waals surface area contributed by atoms with Crippen LogP contribution in [0.3, 0.4) is 0 Å². The zero-order valence-electron chi connectivity index (χ0n) is 17.8. The van der Waals surface area contributed by atoms with E-state index in [0.717, 1.165) is 48.2 Å². The standard InChI is InChI=1S/C23H27ClN4O3/c1-17(29-2)23-25-22(31-26-23)15-27-10-12-28(13-11-27)19-7-5-8-20(14-19)30-16-18-6-3-4-9-21(18)24/h3-9,14,17H,10-13,15-16H2,1-2H3/t17-/m0/s1. The van der Waals surface area contributed by atoms with E-state index in [2.05, 4.69) is 32.1 Å². The summed E-state index contributed by atoms with van der Waals surface area (Å²) in [5, 5.41) is 4.72. The van der Waals surface area contributed by atoms with E-state index in [-0.39, 0.29) is 6.10 Å². The molecular weight excluding hydrogens is 416 g/mol. The van der Waals surface area contributed by atoms with Gasteiger partial charge in [0.2, 0.25) is 5.89 Å². The Bertz CT molecular complexity index is 988. The monoisotopic (exact) mass is 442 g/mol. The van der Waals surface area contributed by atoms with E-state index < -0.39 is 0 Å². The normalized spacial score (nSPS) is 15.8. The molecule has 0 bridgehead atoms. The van der Waals surface area contributed by atoms with Crippen molar-refractivity contribution in [3.63, 3.8) is 0 Å². The Labute approximate surface area is 187 Å². The first-order chi connectivity index (χ1) is 15.1. The van der Waals surface area contributed by atoms with E-state index in [1.54, 1.807) is 7.11 Å². The van der Waals surface area contributed by atoms with Crippen molar-refractivity contribution in [1.82, 2.24) is 15.0 Å². The molecule has 1 aromatic heterocycles. The van der Waals surface area contributed by atoms with Crippen molar-refractivity contribution in [2.45, 2.75) is 26.2 Å². The summed E-state index contributed by atoms with van der Waals surface area (Å²) in [5.41, 5.74) is 2.14. The van der Waals surface area contributed by atoms with Crippen LogP contribution in [-0.4, -0.2) is 48.3 Å². The fourth-order valence-corrected chi connectivity index (χ4v) is 3.70. The van der Waals surface area contributed by atoms with Gasteiger partial charge in [-0.2, -0.15) is 4.98 Å². The Balaban J connectivity index is 1.30. The highest BCUT2D eigenvalue weighted by atomic mass is 35.5. The molecular formula is C23H27ClN4O3. The molecule has 1 aliphatic rings. The summed E-state index contributed by atoms with van der Waals surface area (Å²) in [6, 6.07) is 16.0. The van der Waals surface area contributed by atoms with Crippen LogP contribution in [0.15, 0.2) is 53.1 Å². The van der Waals surface area contributed by atoms with Gasteiger partial charge in [-0.15, -0.1) is 0 Å². The van der Waals surface area contributed by atoms with E-state index in [0.29, 0.717) is 24.9 Å². The van der Waals surface area contributed by atoms with E-state index >= 15 is 0 Å². The Kier molecular flexibility index (Phi) is 7.06. The molecule has 3 aromatic rings. The number of aromatic nitrogens is 2. The summed E-state index contributed by atoms with van der Waals surface area (Å²) >= 11 is 6.23. The van der Waals surface area contributed by atoms with Gasteiger partial charge < -0.3 is 18.9 Å². The molecule has 7 nitrogen and oxygen atoms in total. The van der Waals surface area contributed by atoms with Gasteiger partial charge in [0.05, 0.1) is 6.54 Å². The molecule has 0 saturated carbocycles. The highest BCUT2D eigenvalue weighted by Gasteiger charge is 2.21. The molecule has 0 radical (unpaired) electrons. The molecule has 0 N–H and O–H groups in total. The minimum atomic E-state index is -0.165. The summed E-state index contributed by atoms with van der Waals surface area (Å²) < 4.78 is 16.6. The van der Waals surface area contributed by atoms with Crippen molar-refractivity contribution in [2.24, 2.45) is 0 Å². The van der Waals surface area contributed by atoms with E-state index in [4.69, 9.17) is 25.6 Å². The van der Waals surface area contributed by atoms with Gasteiger partial charge in [0.15, 0.2) is 5.82 Å². The molecule has 164 valence electrons. The molecule has 1 atom stereocenters. The topological polar surface area (TPSA) is 63.9 Å². The molecule has 2 heterocycles. The van der Waals surface area contributed by atoms with Gasteiger partial charge in [0.25, 0.3) is 0 Å². The van der Waals surface area contributed by atoms with Gasteiger partial charge in [-0.3, -0.25) is 4.90 Å². The molecule has 1 fully saturated rings. The van der Waals surface area contributed by atoms with Crippen LogP contribution >= 0.6 is 11.6 Å². The molecule has 0 unspecified atom stereocenters.